The van der Waals surface area contributed by atoms with E-state index in [4.69, 9.17) is 10.5 Å². The number of aryl methyl sites for hydroxylation is 1. The number of benzene rings is 1. The van der Waals surface area contributed by atoms with Crippen LogP contribution >= 0.6 is 0 Å². The smallest absolute Gasteiger partial charge is 0.260 e. The number of nitrogen functional groups attached to an aromatic ring is 1. The molecule has 0 aromatic heterocycles. The number of hydrogen-bond acceptors (Lipinski definition) is 3. The maximum Gasteiger partial charge on any atom is 0.260 e. The monoisotopic (exact) mass is 276 g/mol. The lowest BCUT2D eigenvalue weighted by Gasteiger charge is -2.19. The zero-order valence-electron chi connectivity index (χ0n) is 12.3. The average Bonchev–Trinajstić information content (AvgIpc) is 2.93. The van der Waals surface area contributed by atoms with E-state index in [0.29, 0.717) is 17.5 Å². The van der Waals surface area contributed by atoms with Crippen molar-refractivity contribution in [2.75, 3.05) is 5.73 Å². The first-order chi connectivity index (χ1) is 9.60. The molecule has 1 aliphatic carbocycles. The summed E-state index contributed by atoms with van der Waals surface area (Å²) in [4.78, 5) is 12.1. The number of ether oxygens (including phenoxy) is 1. The van der Waals surface area contributed by atoms with Crippen molar-refractivity contribution in [2.45, 2.75) is 58.1 Å². The van der Waals surface area contributed by atoms with Gasteiger partial charge in [-0.1, -0.05) is 25.8 Å². The number of nitrogens with one attached hydrogen (secondary N) is 1. The van der Waals surface area contributed by atoms with E-state index in [0.717, 1.165) is 24.8 Å². The molecule has 1 aliphatic rings. The van der Waals surface area contributed by atoms with Crippen molar-refractivity contribution in [1.29, 1.82) is 0 Å². The second-order valence-corrected chi connectivity index (χ2v) is 5.48. The van der Waals surface area contributed by atoms with Gasteiger partial charge in [-0.3, -0.25) is 4.79 Å². The Labute approximate surface area is 120 Å². The first kappa shape index (κ1) is 14.7. The maximum absolute atomic E-state index is 12.1. The van der Waals surface area contributed by atoms with E-state index in [2.05, 4.69) is 12.2 Å². The van der Waals surface area contributed by atoms with E-state index < -0.39 is 6.10 Å². The minimum atomic E-state index is -0.523. The van der Waals surface area contributed by atoms with Crippen molar-refractivity contribution in [2.24, 2.45) is 0 Å². The van der Waals surface area contributed by atoms with E-state index in [1.54, 1.807) is 6.92 Å². The Hall–Kier alpha value is -1.71. The number of nitrogens with two attached hydrogens (primary N) is 1. The lowest BCUT2D eigenvalue weighted by atomic mass is 10.1. The Morgan fingerprint density at radius 2 is 2.15 bits per heavy atom. The highest BCUT2D eigenvalue weighted by atomic mass is 16.5. The lowest BCUT2D eigenvalue weighted by Crippen LogP contribution is -2.41. The van der Waals surface area contributed by atoms with Crippen LogP contribution in [-0.4, -0.2) is 18.1 Å². The van der Waals surface area contributed by atoms with Crippen LogP contribution in [0.5, 0.6) is 5.75 Å². The van der Waals surface area contributed by atoms with Gasteiger partial charge in [0.25, 0.3) is 5.91 Å². The Balaban J connectivity index is 1.92. The first-order valence-electron chi connectivity index (χ1n) is 7.45. The van der Waals surface area contributed by atoms with Gasteiger partial charge in [0, 0.05) is 6.04 Å². The van der Waals surface area contributed by atoms with Crippen LogP contribution in [0.4, 0.5) is 5.69 Å². The number of carbonyl (C=O) groups excluding carboxylic acids is 1. The van der Waals surface area contributed by atoms with Crippen LogP contribution in [0.15, 0.2) is 18.2 Å². The molecule has 1 saturated carbocycles. The summed E-state index contributed by atoms with van der Waals surface area (Å²) < 4.78 is 5.68. The summed E-state index contributed by atoms with van der Waals surface area (Å²) >= 11 is 0. The van der Waals surface area contributed by atoms with E-state index in [1.165, 1.54) is 12.8 Å². The fourth-order valence-corrected chi connectivity index (χ4v) is 2.56. The normalized spacial score (nSPS) is 16.9. The van der Waals surface area contributed by atoms with Crippen molar-refractivity contribution in [3.05, 3.63) is 23.8 Å². The molecule has 0 bridgehead atoms. The first-order valence-corrected chi connectivity index (χ1v) is 7.45. The molecule has 20 heavy (non-hydrogen) atoms. The van der Waals surface area contributed by atoms with Gasteiger partial charge >= 0.3 is 0 Å². The Kier molecular flexibility index (Phi) is 4.88. The molecule has 0 aliphatic heterocycles. The van der Waals surface area contributed by atoms with Crippen molar-refractivity contribution in [1.82, 2.24) is 5.32 Å². The SMILES string of the molecule is CCc1ccc(OC(C)C(=O)NC2CCCC2)c(N)c1. The third-order valence-electron chi connectivity index (χ3n) is 3.86. The molecule has 2 rings (SSSR count). The summed E-state index contributed by atoms with van der Waals surface area (Å²) in [5.41, 5.74) is 7.70. The summed E-state index contributed by atoms with van der Waals surface area (Å²) in [7, 11) is 0. The molecule has 1 amide bonds. The zero-order chi connectivity index (χ0) is 14.5. The number of anilines is 1. The highest BCUT2D eigenvalue weighted by Crippen LogP contribution is 2.24. The Morgan fingerprint density at radius 3 is 2.75 bits per heavy atom. The molecule has 0 saturated heterocycles. The van der Waals surface area contributed by atoms with Crippen molar-refractivity contribution in [3.8, 4) is 5.75 Å². The van der Waals surface area contributed by atoms with E-state index >= 15 is 0 Å². The van der Waals surface area contributed by atoms with Gasteiger partial charge in [0.2, 0.25) is 0 Å². The number of amides is 1. The van der Waals surface area contributed by atoms with Crippen LogP contribution in [-0.2, 0) is 11.2 Å². The van der Waals surface area contributed by atoms with Crippen LogP contribution in [0.2, 0.25) is 0 Å². The standard InChI is InChI=1S/C16H24N2O2/c1-3-12-8-9-15(14(17)10-12)20-11(2)16(19)18-13-6-4-5-7-13/h8-11,13H,3-7,17H2,1-2H3,(H,18,19). The van der Waals surface area contributed by atoms with Gasteiger partial charge in [0.05, 0.1) is 5.69 Å². The molecule has 0 heterocycles. The second-order valence-electron chi connectivity index (χ2n) is 5.48. The predicted molar refractivity (Wildman–Crippen MR) is 80.7 cm³/mol. The Bertz CT molecular complexity index is 468. The molecule has 0 radical (unpaired) electrons. The number of rotatable bonds is 5. The topological polar surface area (TPSA) is 64.3 Å². The molecular formula is C16H24N2O2. The van der Waals surface area contributed by atoms with Gasteiger partial charge in [0.1, 0.15) is 5.75 Å². The lowest BCUT2D eigenvalue weighted by molar-refractivity contribution is -0.127. The Morgan fingerprint density at radius 1 is 1.45 bits per heavy atom. The van der Waals surface area contributed by atoms with Crippen molar-refractivity contribution >= 4 is 11.6 Å². The highest BCUT2D eigenvalue weighted by molar-refractivity contribution is 5.81. The summed E-state index contributed by atoms with van der Waals surface area (Å²) in [5, 5.41) is 3.04. The molecule has 1 unspecified atom stereocenters. The second kappa shape index (κ2) is 6.64. The van der Waals surface area contributed by atoms with Crippen LogP contribution in [0.1, 0.15) is 45.1 Å². The third kappa shape index (κ3) is 3.65. The molecule has 1 aromatic carbocycles. The fourth-order valence-electron chi connectivity index (χ4n) is 2.56. The van der Waals surface area contributed by atoms with E-state index in [9.17, 15) is 4.79 Å². The van der Waals surface area contributed by atoms with E-state index in [-0.39, 0.29) is 5.91 Å². The molecule has 0 spiro atoms. The van der Waals surface area contributed by atoms with Crippen LogP contribution < -0.4 is 15.8 Å². The summed E-state index contributed by atoms with van der Waals surface area (Å²) in [6.07, 6.45) is 4.96. The molecule has 1 atom stereocenters. The molecular weight excluding hydrogens is 252 g/mol. The van der Waals surface area contributed by atoms with Crippen LogP contribution in [0.3, 0.4) is 0 Å². The van der Waals surface area contributed by atoms with Gasteiger partial charge in [0.15, 0.2) is 6.10 Å². The van der Waals surface area contributed by atoms with E-state index in [1.807, 2.05) is 18.2 Å². The maximum atomic E-state index is 12.1. The molecule has 4 nitrogen and oxygen atoms in total. The van der Waals surface area contributed by atoms with Crippen molar-refractivity contribution < 1.29 is 9.53 Å². The molecule has 4 heteroatoms. The average molecular weight is 276 g/mol. The van der Waals surface area contributed by atoms with Crippen LogP contribution in [0.25, 0.3) is 0 Å². The molecule has 110 valence electrons. The minimum Gasteiger partial charge on any atom is -0.479 e. The number of hydrogen-bond donors (Lipinski definition) is 2. The van der Waals surface area contributed by atoms with Gasteiger partial charge in [-0.2, -0.15) is 0 Å². The van der Waals surface area contributed by atoms with Gasteiger partial charge in [-0.25, -0.2) is 0 Å². The summed E-state index contributed by atoms with van der Waals surface area (Å²) in [6.45, 7) is 3.84. The molecule has 3 N–H and O–H groups in total. The quantitative estimate of drug-likeness (QED) is 0.813. The van der Waals surface area contributed by atoms with Gasteiger partial charge in [-0.15, -0.1) is 0 Å². The zero-order valence-corrected chi connectivity index (χ0v) is 12.3. The largest absolute Gasteiger partial charge is 0.479 e. The van der Waals surface area contributed by atoms with Crippen LogP contribution in [0, 0.1) is 0 Å². The van der Waals surface area contributed by atoms with Gasteiger partial charge in [-0.05, 0) is 43.9 Å². The van der Waals surface area contributed by atoms with Crippen molar-refractivity contribution in [3.63, 3.8) is 0 Å². The summed E-state index contributed by atoms with van der Waals surface area (Å²) in [6, 6.07) is 6.03. The molecule has 1 aromatic rings. The third-order valence-corrected chi connectivity index (χ3v) is 3.86. The predicted octanol–water partition coefficient (Wildman–Crippen LogP) is 2.66. The molecule has 1 fully saturated rings. The summed E-state index contributed by atoms with van der Waals surface area (Å²) in [5.74, 6) is 0.520. The minimum absolute atomic E-state index is 0.0594. The highest BCUT2D eigenvalue weighted by Gasteiger charge is 2.22. The van der Waals surface area contributed by atoms with Gasteiger partial charge < -0.3 is 15.8 Å². The fraction of sp³-hybridized carbons (Fsp3) is 0.562. The number of carbonyl (C=O) groups is 1.